The number of halogens is 1. The monoisotopic (exact) mass is 300 g/mol. The molecule has 1 aromatic carbocycles. The lowest BCUT2D eigenvalue weighted by Crippen LogP contribution is -2.30. The van der Waals surface area contributed by atoms with Crippen LogP contribution in [0.4, 0.5) is 0 Å². The predicted octanol–water partition coefficient (Wildman–Crippen LogP) is 5.54. The Kier molecular flexibility index (Phi) is 7.09. The summed E-state index contributed by atoms with van der Waals surface area (Å²) in [4.78, 5) is 0. The van der Waals surface area contributed by atoms with Crippen molar-refractivity contribution in [1.29, 1.82) is 0 Å². The Hall–Kier alpha value is -0.340. The van der Waals surface area contributed by atoms with Gasteiger partial charge in [-0.05, 0) is 43.2 Å². The van der Waals surface area contributed by atoms with Crippen molar-refractivity contribution < 1.29 is 4.74 Å². The van der Waals surface area contributed by atoms with Crippen LogP contribution in [0.1, 0.15) is 45.1 Å². The van der Waals surface area contributed by atoms with Crippen LogP contribution in [-0.2, 0) is 0 Å². The van der Waals surface area contributed by atoms with E-state index in [0.29, 0.717) is 11.6 Å². The standard InChI is InChI=1S/C16H25ClOS/c1-4-8-16(12-19,9-5-2)11-18-15-10-13(3)6-7-14(15)17/h6-7,10,19H,4-5,8-9,11-12H2,1-3H3. The molecule has 0 saturated heterocycles. The van der Waals surface area contributed by atoms with E-state index in [1.165, 1.54) is 5.56 Å². The van der Waals surface area contributed by atoms with Crippen molar-refractivity contribution in [2.75, 3.05) is 12.4 Å². The quantitative estimate of drug-likeness (QED) is 0.620. The summed E-state index contributed by atoms with van der Waals surface area (Å²) in [7, 11) is 0. The van der Waals surface area contributed by atoms with Gasteiger partial charge in [0.15, 0.2) is 0 Å². The topological polar surface area (TPSA) is 9.23 Å². The zero-order chi connectivity index (χ0) is 14.3. The van der Waals surface area contributed by atoms with E-state index < -0.39 is 0 Å². The van der Waals surface area contributed by atoms with Gasteiger partial charge in [0.25, 0.3) is 0 Å². The van der Waals surface area contributed by atoms with E-state index in [1.807, 2.05) is 25.1 Å². The summed E-state index contributed by atoms with van der Waals surface area (Å²) in [6, 6.07) is 5.90. The molecular formula is C16H25ClOS. The number of ether oxygens (including phenoxy) is 1. The fraction of sp³-hybridized carbons (Fsp3) is 0.625. The lowest BCUT2D eigenvalue weighted by Gasteiger charge is -2.32. The minimum Gasteiger partial charge on any atom is -0.491 e. The van der Waals surface area contributed by atoms with Gasteiger partial charge in [0.05, 0.1) is 11.6 Å². The van der Waals surface area contributed by atoms with Gasteiger partial charge in [0.1, 0.15) is 5.75 Å². The maximum atomic E-state index is 6.18. The van der Waals surface area contributed by atoms with Gasteiger partial charge in [0, 0.05) is 5.41 Å². The van der Waals surface area contributed by atoms with E-state index >= 15 is 0 Å². The molecule has 0 aliphatic rings. The summed E-state index contributed by atoms with van der Waals surface area (Å²) in [6.07, 6.45) is 4.61. The molecule has 1 aromatic rings. The van der Waals surface area contributed by atoms with Crippen molar-refractivity contribution in [2.45, 2.75) is 46.5 Å². The molecule has 0 amide bonds. The van der Waals surface area contributed by atoms with Crippen molar-refractivity contribution >= 4 is 24.2 Å². The van der Waals surface area contributed by atoms with Gasteiger partial charge in [-0.25, -0.2) is 0 Å². The zero-order valence-electron chi connectivity index (χ0n) is 12.2. The van der Waals surface area contributed by atoms with Crippen LogP contribution in [0, 0.1) is 12.3 Å². The molecule has 0 unspecified atom stereocenters. The highest BCUT2D eigenvalue weighted by atomic mass is 35.5. The number of thiol groups is 1. The van der Waals surface area contributed by atoms with E-state index in [1.54, 1.807) is 0 Å². The predicted molar refractivity (Wildman–Crippen MR) is 87.8 cm³/mol. The summed E-state index contributed by atoms with van der Waals surface area (Å²) >= 11 is 10.7. The second-order valence-corrected chi connectivity index (χ2v) is 6.10. The van der Waals surface area contributed by atoms with Crippen LogP contribution in [0.15, 0.2) is 18.2 Å². The molecule has 0 N–H and O–H groups in total. The van der Waals surface area contributed by atoms with Gasteiger partial charge < -0.3 is 4.74 Å². The van der Waals surface area contributed by atoms with Gasteiger partial charge in [-0.3, -0.25) is 0 Å². The summed E-state index contributed by atoms with van der Waals surface area (Å²) in [5, 5.41) is 0.687. The fourth-order valence-corrected chi connectivity index (χ4v) is 3.07. The van der Waals surface area contributed by atoms with Crippen LogP contribution in [-0.4, -0.2) is 12.4 Å². The number of hydrogen-bond donors (Lipinski definition) is 1. The van der Waals surface area contributed by atoms with Crippen molar-refractivity contribution in [3.8, 4) is 5.75 Å². The van der Waals surface area contributed by atoms with Crippen molar-refractivity contribution in [2.24, 2.45) is 5.41 Å². The van der Waals surface area contributed by atoms with E-state index in [2.05, 4.69) is 26.5 Å². The van der Waals surface area contributed by atoms with Gasteiger partial charge >= 0.3 is 0 Å². The van der Waals surface area contributed by atoms with E-state index in [4.69, 9.17) is 16.3 Å². The Morgan fingerprint density at radius 1 is 1.21 bits per heavy atom. The number of benzene rings is 1. The van der Waals surface area contributed by atoms with Crippen LogP contribution >= 0.6 is 24.2 Å². The van der Waals surface area contributed by atoms with Gasteiger partial charge in [-0.2, -0.15) is 12.6 Å². The van der Waals surface area contributed by atoms with E-state index in [-0.39, 0.29) is 5.41 Å². The molecule has 0 spiro atoms. The van der Waals surface area contributed by atoms with Gasteiger partial charge in [-0.15, -0.1) is 0 Å². The first-order valence-electron chi connectivity index (χ1n) is 7.06. The molecule has 3 heteroatoms. The third kappa shape index (κ3) is 4.92. The number of aryl methyl sites for hydroxylation is 1. The second-order valence-electron chi connectivity index (χ2n) is 5.38. The third-order valence-corrected chi connectivity index (χ3v) is 4.50. The zero-order valence-corrected chi connectivity index (χ0v) is 13.9. The van der Waals surface area contributed by atoms with Crippen LogP contribution in [0.5, 0.6) is 5.75 Å². The van der Waals surface area contributed by atoms with Crippen molar-refractivity contribution in [3.05, 3.63) is 28.8 Å². The van der Waals surface area contributed by atoms with Gasteiger partial charge in [-0.1, -0.05) is 44.4 Å². The molecule has 19 heavy (non-hydrogen) atoms. The molecule has 0 bridgehead atoms. The molecule has 0 aromatic heterocycles. The van der Waals surface area contributed by atoms with Crippen LogP contribution in [0.2, 0.25) is 5.02 Å². The fourth-order valence-electron chi connectivity index (χ4n) is 2.49. The SMILES string of the molecule is CCCC(CS)(CCC)COc1cc(C)ccc1Cl. The Bertz CT molecular complexity index is 386. The average Bonchev–Trinajstić information content (AvgIpc) is 2.40. The molecule has 0 atom stereocenters. The molecular weight excluding hydrogens is 276 g/mol. The Morgan fingerprint density at radius 2 is 1.84 bits per heavy atom. The number of rotatable bonds is 8. The maximum Gasteiger partial charge on any atom is 0.138 e. The Morgan fingerprint density at radius 3 is 2.37 bits per heavy atom. The average molecular weight is 301 g/mol. The molecule has 0 aliphatic carbocycles. The summed E-state index contributed by atoms with van der Waals surface area (Å²) in [5.74, 6) is 1.65. The molecule has 0 fully saturated rings. The van der Waals surface area contributed by atoms with Crippen LogP contribution in [0.3, 0.4) is 0 Å². The molecule has 0 aliphatic heterocycles. The molecule has 0 radical (unpaired) electrons. The second kappa shape index (κ2) is 8.06. The van der Waals surface area contributed by atoms with E-state index in [9.17, 15) is 0 Å². The van der Waals surface area contributed by atoms with E-state index in [0.717, 1.165) is 37.2 Å². The molecule has 1 nitrogen and oxygen atoms in total. The smallest absolute Gasteiger partial charge is 0.138 e. The first-order valence-corrected chi connectivity index (χ1v) is 8.07. The summed E-state index contributed by atoms with van der Waals surface area (Å²) < 4.78 is 6.00. The van der Waals surface area contributed by atoms with Crippen molar-refractivity contribution in [1.82, 2.24) is 0 Å². The third-order valence-electron chi connectivity index (χ3n) is 3.52. The minimum absolute atomic E-state index is 0.166. The molecule has 0 heterocycles. The first-order chi connectivity index (χ1) is 9.06. The minimum atomic E-state index is 0.166. The van der Waals surface area contributed by atoms with Crippen LogP contribution < -0.4 is 4.74 Å². The van der Waals surface area contributed by atoms with Crippen LogP contribution in [0.25, 0.3) is 0 Å². The number of hydrogen-bond acceptors (Lipinski definition) is 2. The Labute approximate surface area is 128 Å². The summed E-state index contributed by atoms with van der Waals surface area (Å²) in [6.45, 7) is 7.18. The highest BCUT2D eigenvalue weighted by Crippen LogP contribution is 2.34. The molecule has 1 rings (SSSR count). The highest BCUT2D eigenvalue weighted by molar-refractivity contribution is 7.80. The highest BCUT2D eigenvalue weighted by Gasteiger charge is 2.28. The maximum absolute atomic E-state index is 6.18. The normalized spacial score (nSPS) is 11.6. The molecule has 108 valence electrons. The lowest BCUT2D eigenvalue weighted by atomic mass is 9.82. The Balaban J connectivity index is 2.77. The molecule has 0 saturated carbocycles. The first kappa shape index (κ1) is 16.7. The van der Waals surface area contributed by atoms with Gasteiger partial charge in [0.2, 0.25) is 0 Å². The largest absolute Gasteiger partial charge is 0.491 e. The lowest BCUT2D eigenvalue weighted by molar-refractivity contribution is 0.143. The van der Waals surface area contributed by atoms with Crippen molar-refractivity contribution in [3.63, 3.8) is 0 Å². The summed E-state index contributed by atoms with van der Waals surface area (Å²) in [5.41, 5.74) is 1.33.